The summed E-state index contributed by atoms with van der Waals surface area (Å²) in [6.07, 6.45) is 0.139. The van der Waals surface area contributed by atoms with Crippen molar-refractivity contribution < 1.29 is 19.1 Å². The van der Waals surface area contributed by atoms with E-state index in [1.165, 1.54) is 18.9 Å². The van der Waals surface area contributed by atoms with Crippen molar-refractivity contribution in [3.05, 3.63) is 47.5 Å². The Kier molecular flexibility index (Phi) is 6.86. The summed E-state index contributed by atoms with van der Waals surface area (Å²) < 4.78 is 10.4. The van der Waals surface area contributed by atoms with Gasteiger partial charge in [-0.1, -0.05) is 17.7 Å². The molecule has 0 aliphatic carbocycles. The first-order valence-electron chi connectivity index (χ1n) is 8.00. The lowest BCUT2D eigenvalue weighted by Gasteiger charge is -2.21. The highest BCUT2D eigenvalue weighted by Crippen LogP contribution is 2.29. The zero-order chi connectivity index (χ0) is 19.1. The number of halogens is 1. The maximum Gasteiger partial charge on any atom is 0.226 e. The van der Waals surface area contributed by atoms with E-state index in [2.05, 4.69) is 5.32 Å². The van der Waals surface area contributed by atoms with Gasteiger partial charge < -0.3 is 19.7 Å². The van der Waals surface area contributed by atoms with E-state index < -0.39 is 0 Å². The van der Waals surface area contributed by atoms with Gasteiger partial charge in [0.25, 0.3) is 0 Å². The summed E-state index contributed by atoms with van der Waals surface area (Å²) in [5, 5.41) is 3.32. The number of ether oxygens (including phenoxy) is 2. The molecular formula is C19H21ClN2O4. The van der Waals surface area contributed by atoms with E-state index in [1.54, 1.807) is 49.6 Å². The number of nitrogens with one attached hydrogen (secondary N) is 1. The van der Waals surface area contributed by atoms with Gasteiger partial charge in [-0.05, 0) is 30.3 Å². The number of anilines is 2. The molecule has 0 saturated heterocycles. The highest BCUT2D eigenvalue weighted by Gasteiger charge is 2.14. The molecule has 0 heterocycles. The van der Waals surface area contributed by atoms with Gasteiger partial charge in [-0.3, -0.25) is 9.59 Å². The third-order valence-corrected chi connectivity index (χ3v) is 3.96. The summed E-state index contributed by atoms with van der Waals surface area (Å²) in [6, 6.07) is 12.1. The van der Waals surface area contributed by atoms with Gasteiger partial charge in [0.2, 0.25) is 11.8 Å². The summed E-state index contributed by atoms with van der Waals surface area (Å²) in [7, 11) is 3.07. The Hall–Kier alpha value is -2.73. The molecule has 26 heavy (non-hydrogen) atoms. The minimum atomic E-state index is -0.217. The molecule has 0 aromatic heterocycles. The maximum atomic E-state index is 12.2. The van der Waals surface area contributed by atoms with Crippen LogP contribution in [-0.2, 0) is 9.59 Å². The second-order valence-corrected chi connectivity index (χ2v) is 5.95. The molecule has 0 radical (unpaired) electrons. The molecule has 2 aromatic rings. The molecule has 2 amide bonds. The highest BCUT2D eigenvalue weighted by molar-refractivity contribution is 6.30. The number of rotatable bonds is 7. The number of amides is 2. The van der Waals surface area contributed by atoms with Gasteiger partial charge in [0.05, 0.1) is 14.2 Å². The van der Waals surface area contributed by atoms with E-state index in [-0.39, 0.29) is 24.8 Å². The predicted octanol–water partition coefficient (Wildman–Crippen LogP) is 3.74. The highest BCUT2D eigenvalue weighted by atomic mass is 35.5. The van der Waals surface area contributed by atoms with Crippen LogP contribution < -0.4 is 19.7 Å². The third-order valence-electron chi connectivity index (χ3n) is 3.73. The molecule has 0 spiro atoms. The Morgan fingerprint density at radius 2 is 1.81 bits per heavy atom. The van der Waals surface area contributed by atoms with E-state index in [0.717, 1.165) is 0 Å². The molecule has 0 fully saturated rings. The number of nitrogens with zero attached hydrogens (tertiary/aromatic N) is 1. The van der Waals surface area contributed by atoms with Crippen LogP contribution in [-0.4, -0.2) is 32.6 Å². The van der Waals surface area contributed by atoms with E-state index in [0.29, 0.717) is 27.9 Å². The van der Waals surface area contributed by atoms with Gasteiger partial charge in [-0.15, -0.1) is 0 Å². The summed E-state index contributed by atoms with van der Waals surface area (Å²) in [5.41, 5.74) is 1.24. The van der Waals surface area contributed by atoms with Crippen molar-refractivity contribution >= 4 is 34.8 Å². The van der Waals surface area contributed by atoms with Gasteiger partial charge in [0.15, 0.2) is 11.5 Å². The molecule has 2 aromatic carbocycles. The standard InChI is InChI=1S/C19H21ClN2O4/c1-13(23)22(16-6-4-5-14(20)11-16)10-9-19(24)21-15-7-8-17(25-2)18(12-15)26-3/h4-8,11-12H,9-10H2,1-3H3,(H,21,24). The first-order valence-corrected chi connectivity index (χ1v) is 8.38. The van der Waals surface area contributed by atoms with Crippen LogP contribution in [0.2, 0.25) is 5.02 Å². The van der Waals surface area contributed by atoms with Gasteiger partial charge in [0.1, 0.15) is 0 Å². The normalized spacial score (nSPS) is 10.2. The molecule has 138 valence electrons. The van der Waals surface area contributed by atoms with E-state index in [1.807, 2.05) is 0 Å². The SMILES string of the molecule is COc1ccc(NC(=O)CCN(C(C)=O)c2cccc(Cl)c2)cc1OC. The summed E-state index contributed by atoms with van der Waals surface area (Å²) in [5.74, 6) is 0.723. The smallest absolute Gasteiger partial charge is 0.226 e. The first kappa shape index (κ1) is 19.6. The van der Waals surface area contributed by atoms with E-state index >= 15 is 0 Å². The molecule has 0 atom stereocenters. The predicted molar refractivity (Wildman–Crippen MR) is 102 cm³/mol. The minimum Gasteiger partial charge on any atom is -0.493 e. The summed E-state index contributed by atoms with van der Waals surface area (Å²) >= 11 is 5.98. The fraction of sp³-hybridized carbons (Fsp3) is 0.263. The van der Waals surface area contributed by atoms with Crippen LogP contribution in [0.5, 0.6) is 11.5 Å². The first-order chi connectivity index (χ1) is 12.4. The molecule has 6 nitrogen and oxygen atoms in total. The van der Waals surface area contributed by atoms with Crippen LogP contribution in [0.3, 0.4) is 0 Å². The van der Waals surface area contributed by atoms with Crippen molar-refractivity contribution in [2.45, 2.75) is 13.3 Å². The third kappa shape index (κ3) is 5.13. The number of benzene rings is 2. The molecule has 0 aliphatic heterocycles. The van der Waals surface area contributed by atoms with Crippen LogP contribution in [0, 0.1) is 0 Å². The van der Waals surface area contributed by atoms with Gasteiger partial charge in [-0.2, -0.15) is 0 Å². The molecule has 1 N–H and O–H groups in total. The summed E-state index contributed by atoms with van der Waals surface area (Å²) in [4.78, 5) is 25.7. The number of carbonyl (C=O) groups excluding carboxylic acids is 2. The Bertz CT molecular complexity index is 795. The molecule has 7 heteroatoms. The molecule has 2 rings (SSSR count). The van der Waals surface area contributed by atoms with Gasteiger partial charge >= 0.3 is 0 Å². The van der Waals surface area contributed by atoms with Crippen LogP contribution in [0.15, 0.2) is 42.5 Å². The van der Waals surface area contributed by atoms with Crippen LogP contribution >= 0.6 is 11.6 Å². The second kappa shape index (κ2) is 9.10. The summed E-state index contributed by atoms with van der Waals surface area (Å²) in [6.45, 7) is 1.70. The lowest BCUT2D eigenvalue weighted by Crippen LogP contribution is -2.31. The number of hydrogen-bond donors (Lipinski definition) is 1. The Morgan fingerprint density at radius 1 is 1.08 bits per heavy atom. The van der Waals surface area contributed by atoms with Crippen LogP contribution in [0.4, 0.5) is 11.4 Å². The fourth-order valence-corrected chi connectivity index (χ4v) is 2.65. The topological polar surface area (TPSA) is 67.9 Å². The Labute approximate surface area is 157 Å². The van der Waals surface area contributed by atoms with Gasteiger partial charge in [0, 0.05) is 42.4 Å². The largest absolute Gasteiger partial charge is 0.493 e. The number of carbonyl (C=O) groups is 2. The lowest BCUT2D eigenvalue weighted by molar-refractivity contribution is -0.117. The molecule has 0 unspecified atom stereocenters. The minimum absolute atomic E-state index is 0.139. The monoisotopic (exact) mass is 376 g/mol. The Morgan fingerprint density at radius 3 is 2.42 bits per heavy atom. The van der Waals surface area contributed by atoms with Crippen molar-refractivity contribution in [3.63, 3.8) is 0 Å². The molecule has 0 aliphatic rings. The quantitative estimate of drug-likeness (QED) is 0.799. The van der Waals surface area contributed by atoms with E-state index in [9.17, 15) is 9.59 Å². The molecular weight excluding hydrogens is 356 g/mol. The van der Waals surface area contributed by atoms with Crippen LogP contribution in [0.25, 0.3) is 0 Å². The van der Waals surface area contributed by atoms with Crippen molar-refractivity contribution in [3.8, 4) is 11.5 Å². The zero-order valence-electron chi connectivity index (χ0n) is 14.9. The van der Waals surface area contributed by atoms with Crippen molar-refractivity contribution in [2.75, 3.05) is 31.0 Å². The zero-order valence-corrected chi connectivity index (χ0v) is 15.7. The van der Waals surface area contributed by atoms with Gasteiger partial charge in [-0.25, -0.2) is 0 Å². The number of methoxy groups -OCH3 is 2. The maximum absolute atomic E-state index is 12.2. The number of hydrogen-bond acceptors (Lipinski definition) is 4. The molecule has 0 saturated carbocycles. The van der Waals surface area contributed by atoms with Crippen LogP contribution in [0.1, 0.15) is 13.3 Å². The molecule has 0 bridgehead atoms. The average molecular weight is 377 g/mol. The lowest BCUT2D eigenvalue weighted by atomic mass is 10.2. The van der Waals surface area contributed by atoms with Crippen molar-refractivity contribution in [2.24, 2.45) is 0 Å². The fourth-order valence-electron chi connectivity index (χ4n) is 2.46. The van der Waals surface area contributed by atoms with E-state index in [4.69, 9.17) is 21.1 Å². The average Bonchev–Trinajstić information content (AvgIpc) is 2.61. The second-order valence-electron chi connectivity index (χ2n) is 5.52. The van der Waals surface area contributed by atoms with Crippen molar-refractivity contribution in [1.82, 2.24) is 0 Å². The van der Waals surface area contributed by atoms with Crippen molar-refractivity contribution in [1.29, 1.82) is 0 Å². The Balaban J connectivity index is 2.01.